The number of carbonyl (C=O) groups is 1. The Labute approximate surface area is 142 Å². The van der Waals surface area contributed by atoms with Gasteiger partial charge < -0.3 is 13.9 Å². The highest BCUT2D eigenvalue weighted by molar-refractivity contribution is 6.30. The zero-order valence-electron chi connectivity index (χ0n) is 12.5. The molecule has 0 atom stereocenters. The SMILES string of the molecule is O=C(COc1ccc2c(=O)c(Cl)coc2c1)OCc1ccccc1. The van der Waals surface area contributed by atoms with Gasteiger partial charge in [0.25, 0.3) is 0 Å². The lowest BCUT2D eigenvalue weighted by atomic mass is 10.2. The van der Waals surface area contributed by atoms with Gasteiger partial charge in [-0.25, -0.2) is 4.79 Å². The largest absolute Gasteiger partial charge is 0.482 e. The van der Waals surface area contributed by atoms with E-state index in [1.807, 2.05) is 30.3 Å². The molecule has 3 rings (SSSR count). The number of halogens is 1. The van der Waals surface area contributed by atoms with Crippen LogP contribution in [0.3, 0.4) is 0 Å². The van der Waals surface area contributed by atoms with Gasteiger partial charge >= 0.3 is 5.97 Å². The summed E-state index contributed by atoms with van der Waals surface area (Å²) in [6, 6.07) is 14.0. The van der Waals surface area contributed by atoms with Gasteiger partial charge in [0.2, 0.25) is 5.43 Å². The third-order valence-electron chi connectivity index (χ3n) is 3.30. The predicted octanol–water partition coefficient (Wildman–Crippen LogP) is 3.57. The van der Waals surface area contributed by atoms with Gasteiger partial charge in [-0.05, 0) is 17.7 Å². The van der Waals surface area contributed by atoms with Gasteiger partial charge in [-0.1, -0.05) is 41.9 Å². The summed E-state index contributed by atoms with van der Waals surface area (Å²) in [6.45, 7) is -0.0513. The molecule has 0 aliphatic rings. The minimum Gasteiger partial charge on any atom is -0.482 e. The molecule has 6 heteroatoms. The van der Waals surface area contributed by atoms with E-state index in [2.05, 4.69) is 0 Å². The summed E-state index contributed by atoms with van der Waals surface area (Å²) in [6.07, 6.45) is 1.17. The Morgan fingerprint density at radius 1 is 1.12 bits per heavy atom. The summed E-state index contributed by atoms with van der Waals surface area (Å²) in [5, 5.41) is 0.363. The van der Waals surface area contributed by atoms with E-state index in [1.165, 1.54) is 18.4 Å². The van der Waals surface area contributed by atoms with Crippen LogP contribution in [0.2, 0.25) is 5.02 Å². The molecule has 5 nitrogen and oxygen atoms in total. The molecule has 0 radical (unpaired) electrons. The third kappa shape index (κ3) is 3.75. The Morgan fingerprint density at radius 2 is 1.92 bits per heavy atom. The summed E-state index contributed by atoms with van der Waals surface area (Å²) in [7, 11) is 0. The molecule has 0 aliphatic carbocycles. The smallest absolute Gasteiger partial charge is 0.344 e. The van der Waals surface area contributed by atoms with Crippen LogP contribution >= 0.6 is 11.6 Å². The molecule has 0 fully saturated rings. The number of esters is 1. The second-order valence-electron chi connectivity index (χ2n) is 5.01. The van der Waals surface area contributed by atoms with E-state index in [9.17, 15) is 9.59 Å². The topological polar surface area (TPSA) is 65.7 Å². The van der Waals surface area contributed by atoms with Gasteiger partial charge in [-0.15, -0.1) is 0 Å². The van der Waals surface area contributed by atoms with Crippen LogP contribution in [0.1, 0.15) is 5.56 Å². The maximum absolute atomic E-state index is 11.8. The molecule has 1 aromatic heterocycles. The van der Waals surface area contributed by atoms with Crippen molar-refractivity contribution in [3.05, 3.63) is 75.6 Å². The number of fused-ring (bicyclic) bond motifs is 1. The summed E-state index contributed by atoms with van der Waals surface area (Å²) in [5.41, 5.74) is 0.918. The molecule has 0 bridgehead atoms. The molecule has 0 saturated carbocycles. The minimum atomic E-state index is -0.489. The van der Waals surface area contributed by atoms with E-state index >= 15 is 0 Å². The highest BCUT2D eigenvalue weighted by Gasteiger charge is 2.09. The Morgan fingerprint density at radius 3 is 2.71 bits per heavy atom. The molecule has 0 spiro atoms. The van der Waals surface area contributed by atoms with E-state index in [0.29, 0.717) is 16.7 Å². The Kier molecular flexibility index (Phi) is 4.82. The molecule has 0 unspecified atom stereocenters. The van der Waals surface area contributed by atoms with E-state index < -0.39 is 5.97 Å². The average Bonchev–Trinajstić information content (AvgIpc) is 2.62. The fraction of sp³-hybridized carbons (Fsp3) is 0.111. The molecular formula is C18H13ClO5. The molecule has 24 heavy (non-hydrogen) atoms. The third-order valence-corrected chi connectivity index (χ3v) is 3.56. The van der Waals surface area contributed by atoms with Gasteiger partial charge in [0, 0.05) is 6.07 Å². The zero-order chi connectivity index (χ0) is 16.9. The zero-order valence-corrected chi connectivity index (χ0v) is 13.3. The van der Waals surface area contributed by atoms with Crippen LogP contribution in [-0.4, -0.2) is 12.6 Å². The highest BCUT2D eigenvalue weighted by atomic mass is 35.5. The Hall–Kier alpha value is -2.79. The first-order valence-corrected chi connectivity index (χ1v) is 7.55. The number of carbonyl (C=O) groups excluding carboxylic acids is 1. The van der Waals surface area contributed by atoms with E-state index in [1.54, 1.807) is 6.07 Å². The number of rotatable bonds is 5. The second kappa shape index (κ2) is 7.19. The van der Waals surface area contributed by atoms with Crippen molar-refractivity contribution < 1.29 is 18.7 Å². The van der Waals surface area contributed by atoms with Gasteiger partial charge in [-0.3, -0.25) is 4.79 Å². The minimum absolute atomic E-state index is 0.0145. The van der Waals surface area contributed by atoms with Gasteiger partial charge in [0.05, 0.1) is 5.39 Å². The first-order chi connectivity index (χ1) is 11.6. The number of ether oxygens (including phenoxy) is 2. The Bertz CT molecular complexity index is 918. The monoisotopic (exact) mass is 344 g/mol. The number of hydrogen-bond acceptors (Lipinski definition) is 5. The van der Waals surface area contributed by atoms with Crippen molar-refractivity contribution in [2.75, 3.05) is 6.61 Å². The van der Waals surface area contributed by atoms with Crippen LogP contribution in [0, 0.1) is 0 Å². The normalized spacial score (nSPS) is 10.5. The van der Waals surface area contributed by atoms with Crippen molar-refractivity contribution in [3.8, 4) is 5.75 Å². The molecule has 1 heterocycles. The van der Waals surface area contributed by atoms with Crippen LogP contribution in [-0.2, 0) is 16.1 Å². The van der Waals surface area contributed by atoms with Crippen LogP contribution in [0.25, 0.3) is 11.0 Å². The van der Waals surface area contributed by atoms with Crippen molar-refractivity contribution in [2.24, 2.45) is 0 Å². The molecular weight excluding hydrogens is 332 g/mol. The standard InChI is InChI=1S/C18H13ClO5/c19-15-10-23-16-8-13(6-7-14(16)18(15)21)22-11-17(20)24-9-12-4-2-1-3-5-12/h1-8,10H,9,11H2. The molecule has 0 saturated heterocycles. The molecule has 122 valence electrons. The van der Waals surface area contributed by atoms with Crippen LogP contribution in [0.15, 0.2) is 64.0 Å². The van der Waals surface area contributed by atoms with Crippen molar-refractivity contribution >= 4 is 28.5 Å². The van der Waals surface area contributed by atoms with Crippen LogP contribution in [0.4, 0.5) is 0 Å². The predicted molar refractivity (Wildman–Crippen MR) is 89.2 cm³/mol. The lowest BCUT2D eigenvalue weighted by Crippen LogP contribution is -2.14. The summed E-state index contributed by atoms with van der Waals surface area (Å²) < 4.78 is 15.7. The van der Waals surface area contributed by atoms with E-state index in [-0.39, 0.29) is 23.7 Å². The summed E-state index contributed by atoms with van der Waals surface area (Å²) >= 11 is 5.72. The van der Waals surface area contributed by atoms with E-state index in [4.69, 9.17) is 25.5 Å². The molecule has 0 N–H and O–H groups in total. The van der Waals surface area contributed by atoms with Gasteiger partial charge in [0.1, 0.15) is 29.2 Å². The first-order valence-electron chi connectivity index (χ1n) is 7.17. The molecule has 0 amide bonds. The molecule has 2 aromatic carbocycles. The van der Waals surface area contributed by atoms with Crippen molar-refractivity contribution in [2.45, 2.75) is 6.61 Å². The fourth-order valence-corrected chi connectivity index (χ4v) is 2.24. The lowest BCUT2D eigenvalue weighted by Gasteiger charge is -2.07. The maximum Gasteiger partial charge on any atom is 0.344 e. The highest BCUT2D eigenvalue weighted by Crippen LogP contribution is 2.20. The van der Waals surface area contributed by atoms with E-state index in [0.717, 1.165) is 5.56 Å². The lowest BCUT2D eigenvalue weighted by molar-refractivity contribution is -0.147. The number of benzene rings is 2. The molecule has 3 aromatic rings. The van der Waals surface area contributed by atoms with Crippen LogP contribution < -0.4 is 10.2 Å². The Balaban J connectivity index is 1.60. The van der Waals surface area contributed by atoms with Crippen molar-refractivity contribution in [3.63, 3.8) is 0 Å². The van der Waals surface area contributed by atoms with Gasteiger partial charge in [0.15, 0.2) is 6.61 Å². The van der Waals surface area contributed by atoms with Crippen molar-refractivity contribution in [1.29, 1.82) is 0 Å². The fourth-order valence-electron chi connectivity index (χ4n) is 2.10. The summed E-state index contributed by atoms with van der Waals surface area (Å²) in [4.78, 5) is 23.5. The summed E-state index contributed by atoms with van der Waals surface area (Å²) in [5.74, 6) is -0.0962. The quantitative estimate of drug-likeness (QED) is 0.662. The van der Waals surface area contributed by atoms with Crippen molar-refractivity contribution in [1.82, 2.24) is 0 Å². The second-order valence-corrected chi connectivity index (χ2v) is 5.41. The van der Waals surface area contributed by atoms with Gasteiger partial charge in [-0.2, -0.15) is 0 Å². The maximum atomic E-state index is 11.8. The molecule has 0 aliphatic heterocycles. The van der Waals surface area contributed by atoms with Crippen LogP contribution in [0.5, 0.6) is 5.75 Å². The number of hydrogen-bond donors (Lipinski definition) is 0. The first kappa shape index (κ1) is 16.1. The average molecular weight is 345 g/mol.